The summed E-state index contributed by atoms with van der Waals surface area (Å²) in [6.07, 6.45) is 2.60. The predicted octanol–water partition coefficient (Wildman–Crippen LogP) is 0.736. The molecule has 0 N–H and O–H groups in total. The zero-order valence-corrected chi connectivity index (χ0v) is 4.39. The Morgan fingerprint density at radius 3 is 3.11 bits per heavy atom. The van der Waals surface area contributed by atoms with Crippen LogP contribution < -0.4 is 0 Å². The third-order valence-corrected chi connectivity index (χ3v) is 0.863. The Morgan fingerprint density at radius 1 is 1.89 bits per heavy atom. The SMILES string of the molecule is [N-]=[N+]=NC1C=COC1=O. The standard InChI is InChI=1S/C4H3N3O2/c5-7-6-3-1-2-9-4(3)8/h1-3H. The Labute approximate surface area is 50.5 Å². The third kappa shape index (κ3) is 1.00. The van der Waals surface area contributed by atoms with Gasteiger partial charge in [-0.25, -0.2) is 0 Å². The minimum absolute atomic E-state index is 0.521. The minimum atomic E-state index is -0.755. The molecule has 0 radical (unpaired) electrons. The predicted molar refractivity (Wildman–Crippen MR) is 28.2 cm³/mol. The van der Waals surface area contributed by atoms with Gasteiger partial charge in [0.25, 0.3) is 0 Å². The zero-order valence-electron chi connectivity index (χ0n) is 4.39. The van der Waals surface area contributed by atoms with Crippen LogP contribution in [0, 0.1) is 0 Å². The first-order chi connectivity index (χ1) is 4.34. The zero-order chi connectivity index (χ0) is 6.69. The number of hydrogen-bond donors (Lipinski definition) is 0. The van der Waals surface area contributed by atoms with Crippen LogP contribution in [0.4, 0.5) is 0 Å². The number of carbonyl (C=O) groups excluding carboxylic acids is 1. The van der Waals surface area contributed by atoms with E-state index in [1.807, 2.05) is 0 Å². The van der Waals surface area contributed by atoms with Gasteiger partial charge in [-0.15, -0.1) is 0 Å². The van der Waals surface area contributed by atoms with Crippen molar-refractivity contribution in [2.24, 2.45) is 5.11 Å². The first kappa shape index (κ1) is 5.65. The van der Waals surface area contributed by atoms with Crippen molar-refractivity contribution < 1.29 is 9.53 Å². The lowest BCUT2D eigenvalue weighted by Gasteiger charge is -1.90. The molecule has 5 nitrogen and oxygen atoms in total. The largest absolute Gasteiger partial charge is 0.434 e. The van der Waals surface area contributed by atoms with Crippen LogP contribution in [-0.4, -0.2) is 12.0 Å². The van der Waals surface area contributed by atoms with Crippen LogP contribution in [0.3, 0.4) is 0 Å². The highest BCUT2D eigenvalue weighted by molar-refractivity contribution is 5.80. The van der Waals surface area contributed by atoms with E-state index in [1.54, 1.807) is 0 Å². The van der Waals surface area contributed by atoms with E-state index in [-0.39, 0.29) is 0 Å². The Morgan fingerprint density at radius 2 is 2.67 bits per heavy atom. The first-order valence-corrected chi connectivity index (χ1v) is 2.26. The fourth-order valence-electron chi connectivity index (χ4n) is 0.470. The van der Waals surface area contributed by atoms with Crippen molar-refractivity contribution in [1.29, 1.82) is 0 Å². The number of nitrogens with zero attached hydrogens (tertiary/aromatic N) is 3. The second kappa shape index (κ2) is 2.19. The third-order valence-electron chi connectivity index (χ3n) is 0.863. The minimum Gasteiger partial charge on any atom is -0.434 e. The molecule has 9 heavy (non-hydrogen) atoms. The summed E-state index contributed by atoms with van der Waals surface area (Å²) in [5.41, 5.74) is 7.86. The maximum absolute atomic E-state index is 10.4. The monoisotopic (exact) mass is 125 g/mol. The number of cyclic esters (lactones) is 1. The van der Waals surface area contributed by atoms with Crippen molar-refractivity contribution >= 4 is 5.97 Å². The molecule has 1 aliphatic rings. The Bertz CT molecular complexity index is 204. The van der Waals surface area contributed by atoms with Gasteiger partial charge in [-0.3, -0.25) is 4.79 Å². The summed E-state index contributed by atoms with van der Waals surface area (Å²) >= 11 is 0. The number of rotatable bonds is 1. The number of carbonyl (C=O) groups is 1. The van der Waals surface area contributed by atoms with Crippen molar-refractivity contribution in [1.82, 2.24) is 0 Å². The maximum Gasteiger partial charge on any atom is 0.323 e. The molecule has 0 spiro atoms. The Hall–Kier alpha value is -1.48. The second-order valence-corrected chi connectivity index (χ2v) is 1.42. The molecular weight excluding hydrogens is 122 g/mol. The van der Waals surface area contributed by atoms with Crippen molar-refractivity contribution in [2.75, 3.05) is 0 Å². The highest BCUT2D eigenvalue weighted by Gasteiger charge is 2.18. The van der Waals surface area contributed by atoms with Gasteiger partial charge in [0, 0.05) is 4.91 Å². The van der Waals surface area contributed by atoms with Crippen molar-refractivity contribution in [3.8, 4) is 0 Å². The van der Waals surface area contributed by atoms with Gasteiger partial charge in [0.05, 0.1) is 6.26 Å². The molecule has 0 aromatic carbocycles. The van der Waals surface area contributed by atoms with E-state index < -0.39 is 12.0 Å². The second-order valence-electron chi connectivity index (χ2n) is 1.42. The molecule has 0 saturated carbocycles. The molecule has 0 saturated heterocycles. The van der Waals surface area contributed by atoms with Crippen LogP contribution in [0.2, 0.25) is 0 Å². The van der Waals surface area contributed by atoms with Crippen LogP contribution in [0.15, 0.2) is 17.5 Å². The van der Waals surface area contributed by atoms with E-state index in [1.165, 1.54) is 12.3 Å². The molecule has 1 rings (SSSR count). The smallest absolute Gasteiger partial charge is 0.323 e. The lowest BCUT2D eigenvalue weighted by atomic mass is 10.3. The van der Waals surface area contributed by atoms with Gasteiger partial charge >= 0.3 is 5.97 Å². The summed E-state index contributed by atoms with van der Waals surface area (Å²) in [7, 11) is 0. The fourth-order valence-corrected chi connectivity index (χ4v) is 0.470. The number of hydrogen-bond acceptors (Lipinski definition) is 3. The van der Waals surface area contributed by atoms with Crippen molar-refractivity contribution in [2.45, 2.75) is 6.04 Å². The summed E-state index contributed by atoms with van der Waals surface area (Å²) in [4.78, 5) is 12.9. The molecular formula is C4H3N3O2. The summed E-state index contributed by atoms with van der Waals surface area (Å²) in [6, 6.07) is -0.755. The van der Waals surface area contributed by atoms with Gasteiger partial charge in [0.1, 0.15) is 0 Å². The molecule has 1 atom stereocenters. The Kier molecular flexibility index (Phi) is 1.38. The summed E-state index contributed by atoms with van der Waals surface area (Å²) in [5, 5.41) is 3.12. The van der Waals surface area contributed by atoms with Gasteiger partial charge in [-0.05, 0) is 11.6 Å². The van der Waals surface area contributed by atoms with E-state index >= 15 is 0 Å². The van der Waals surface area contributed by atoms with Gasteiger partial charge in [0.15, 0.2) is 6.04 Å². The van der Waals surface area contributed by atoms with Gasteiger partial charge in [0.2, 0.25) is 0 Å². The Balaban J connectivity index is 2.70. The molecule has 46 valence electrons. The topological polar surface area (TPSA) is 75.1 Å². The van der Waals surface area contributed by atoms with Crippen LogP contribution in [0.25, 0.3) is 10.4 Å². The molecule has 1 aliphatic heterocycles. The van der Waals surface area contributed by atoms with Crippen LogP contribution >= 0.6 is 0 Å². The highest BCUT2D eigenvalue weighted by Crippen LogP contribution is 2.05. The molecule has 5 heteroatoms. The number of esters is 1. The molecule has 1 unspecified atom stereocenters. The summed E-state index contributed by atoms with van der Waals surface area (Å²) < 4.78 is 4.33. The molecule has 0 amide bonds. The normalized spacial score (nSPS) is 23.1. The van der Waals surface area contributed by atoms with E-state index in [4.69, 9.17) is 5.53 Å². The molecule has 0 aromatic heterocycles. The first-order valence-electron chi connectivity index (χ1n) is 2.26. The molecule has 1 heterocycles. The summed E-state index contributed by atoms with van der Waals surface area (Å²) in [6.45, 7) is 0. The molecule has 0 aliphatic carbocycles. The maximum atomic E-state index is 10.4. The van der Waals surface area contributed by atoms with E-state index in [2.05, 4.69) is 14.8 Å². The van der Waals surface area contributed by atoms with Crippen LogP contribution in [-0.2, 0) is 9.53 Å². The van der Waals surface area contributed by atoms with E-state index in [0.717, 1.165) is 0 Å². The number of ether oxygens (including phenoxy) is 1. The molecule has 0 bridgehead atoms. The van der Waals surface area contributed by atoms with Crippen LogP contribution in [0.1, 0.15) is 0 Å². The van der Waals surface area contributed by atoms with Crippen molar-refractivity contribution in [3.05, 3.63) is 22.8 Å². The van der Waals surface area contributed by atoms with Gasteiger partial charge < -0.3 is 4.74 Å². The fraction of sp³-hybridized carbons (Fsp3) is 0.250. The molecule has 0 aromatic rings. The average Bonchev–Trinajstić information content (AvgIpc) is 2.18. The van der Waals surface area contributed by atoms with Gasteiger partial charge in [-0.1, -0.05) is 5.11 Å². The van der Waals surface area contributed by atoms with Crippen LogP contribution in [0.5, 0.6) is 0 Å². The van der Waals surface area contributed by atoms with E-state index in [0.29, 0.717) is 0 Å². The average molecular weight is 125 g/mol. The quantitative estimate of drug-likeness (QED) is 0.224. The lowest BCUT2D eigenvalue weighted by Crippen LogP contribution is -2.09. The lowest BCUT2D eigenvalue weighted by molar-refractivity contribution is -0.136. The van der Waals surface area contributed by atoms with Crippen molar-refractivity contribution in [3.63, 3.8) is 0 Å². The highest BCUT2D eigenvalue weighted by atomic mass is 16.5. The number of azide groups is 1. The molecule has 0 fully saturated rings. The van der Waals surface area contributed by atoms with Gasteiger partial charge in [-0.2, -0.15) is 0 Å². The van der Waals surface area contributed by atoms with E-state index in [9.17, 15) is 4.79 Å². The summed E-state index contributed by atoms with van der Waals surface area (Å²) in [5.74, 6) is -0.521.